The van der Waals surface area contributed by atoms with Crippen molar-refractivity contribution in [1.29, 1.82) is 0 Å². The van der Waals surface area contributed by atoms with Crippen molar-refractivity contribution in [2.75, 3.05) is 6.61 Å². The SMILES string of the molecule is CC(C)CC(NC(=O)c1ccc(Cl)cc1)C(=O)OCC(=O)NCc1ccc(Cl)cc1. The molecule has 6 nitrogen and oxygen atoms in total. The quantitative estimate of drug-likeness (QED) is 0.565. The van der Waals surface area contributed by atoms with E-state index in [9.17, 15) is 14.4 Å². The van der Waals surface area contributed by atoms with Gasteiger partial charge < -0.3 is 15.4 Å². The first-order valence-electron chi connectivity index (χ1n) is 9.49. The summed E-state index contributed by atoms with van der Waals surface area (Å²) in [6.45, 7) is 3.70. The Morgan fingerprint density at radius 1 is 0.933 bits per heavy atom. The first-order chi connectivity index (χ1) is 14.2. The molecule has 0 aliphatic heterocycles. The zero-order valence-corrected chi connectivity index (χ0v) is 18.3. The smallest absolute Gasteiger partial charge is 0.329 e. The van der Waals surface area contributed by atoms with Crippen LogP contribution in [0.25, 0.3) is 0 Å². The molecule has 0 fully saturated rings. The van der Waals surface area contributed by atoms with Crippen molar-refractivity contribution < 1.29 is 19.1 Å². The van der Waals surface area contributed by atoms with E-state index in [4.69, 9.17) is 27.9 Å². The Morgan fingerprint density at radius 2 is 1.50 bits per heavy atom. The number of benzene rings is 2. The van der Waals surface area contributed by atoms with Crippen molar-refractivity contribution in [2.24, 2.45) is 5.92 Å². The summed E-state index contributed by atoms with van der Waals surface area (Å²) in [7, 11) is 0. The third-order valence-corrected chi connectivity index (χ3v) is 4.66. The average molecular weight is 451 g/mol. The van der Waals surface area contributed by atoms with E-state index in [1.807, 2.05) is 13.8 Å². The molecule has 0 radical (unpaired) electrons. The van der Waals surface area contributed by atoms with E-state index in [-0.39, 0.29) is 12.5 Å². The molecule has 160 valence electrons. The number of esters is 1. The molecule has 2 aromatic carbocycles. The number of amides is 2. The highest BCUT2D eigenvalue weighted by molar-refractivity contribution is 6.30. The van der Waals surface area contributed by atoms with Crippen LogP contribution in [0.3, 0.4) is 0 Å². The van der Waals surface area contributed by atoms with Crippen LogP contribution in [-0.2, 0) is 20.9 Å². The van der Waals surface area contributed by atoms with Gasteiger partial charge in [0.2, 0.25) is 0 Å². The Hall–Kier alpha value is -2.57. The maximum atomic E-state index is 12.5. The van der Waals surface area contributed by atoms with Crippen molar-refractivity contribution in [2.45, 2.75) is 32.9 Å². The molecule has 1 unspecified atom stereocenters. The van der Waals surface area contributed by atoms with E-state index in [0.29, 0.717) is 22.0 Å². The molecule has 0 saturated heterocycles. The number of rotatable bonds is 9. The van der Waals surface area contributed by atoms with Gasteiger partial charge in [0.1, 0.15) is 6.04 Å². The molecule has 0 bridgehead atoms. The highest BCUT2D eigenvalue weighted by Gasteiger charge is 2.24. The highest BCUT2D eigenvalue weighted by atomic mass is 35.5. The molecule has 0 saturated carbocycles. The number of carbonyl (C=O) groups is 3. The Labute approximate surface area is 185 Å². The summed E-state index contributed by atoms with van der Waals surface area (Å²) in [4.78, 5) is 36.9. The molecule has 0 aliphatic carbocycles. The molecular formula is C22H24Cl2N2O4. The summed E-state index contributed by atoms with van der Waals surface area (Å²) in [5.41, 5.74) is 1.24. The molecule has 2 N–H and O–H groups in total. The molecular weight excluding hydrogens is 427 g/mol. The van der Waals surface area contributed by atoms with Crippen LogP contribution in [0.15, 0.2) is 48.5 Å². The lowest BCUT2D eigenvalue weighted by Crippen LogP contribution is -2.43. The Kier molecular flexibility index (Phi) is 9.15. The minimum Gasteiger partial charge on any atom is -0.454 e. The Bertz CT molecular complexity index is 868. The molecule has 2 amide bonds. The monoisotopic (exact) mass is 450 g/mol. The topological polar surface area (TPSA) is 84.5 Å². The van der Waals surface area contributed by atoms with Gasteiger partial charge in [-0.1, -0.05) is 49.2 Å². The molecule has 0 aliphatic rings. The molecule has 2 rings (SSSR count). The summed E-state index contributed by atoms with van der Waals surface area (Å²) in [6, 6.07) is 12.5. The average Bonchev–Trinajstić information content (AvgIpc) is 2.71. The van der Waals surface area contributed by atoms with E-state index >= 15 is 0 Å². The second-order valence-electron chi connectivity index (χ2n) is 7.17. The van der Waals surface area contributed by atoms with Crippen LogP contribution in [0, 0.1) is 5.92 Å². The van der Waals surface area contributed by atoms with Crippen LogP contribution in [0.1, 0.15) is 36.2 Å². The van der Waals surface area contributed by atoms with Crippen LogP contribution in [0.4, 0.5) is 0 Å². The van der Waals surface area contributed by atoms with Crippen molar-refractivity contribution in [3.05, 3.63) is 69.7 Å². The first kappa shape index (κ1) is 23.7. The second-order valence-corrected chi connectivity index (χ2v) is 8.05. The lowest BCUT2D eigenvalue weighted by molar-refractivity contribution is -0.150. The van der Waals surface area contributed by atoms with Crippen molar-refractivity contribution in [3.63, 3.8) is 0 Å². The van der Waals surface area contributed by atoms with Crippen LogP contribution in [0.5, 0.6) is 0 Å². The summed E-state index contributed by atoms with van der Waals surface area (Å²) in [5, 5.41) is 6.45. The van der Waals surface area contributed by atoms with Gasteiger partial charge in [-0.2, -0.15) is 0 Å². The van der Waals surface area contributed by atoms with Crippen LogP contribution < -0.4 is 10.6 Å². The molecule has 0 aromatic heterocycles. The zero-order chi connectivity index (χ0) is 22.1. The summed E-state index contributed by atoms with van der Waals surface area (Å²) in [6.07, 6.45) is 0.380. The number of halogens is 2. The molecule has 0 heterocycles. The third kappa shape index (κ3) is 8.05. The predicted molar refractivity (Wildman–Crippen MR) is 116 cm³/mol. The van der Waals surface area contributed by atoms with E-state index in [2.05, 4.69) is 10.6 Å². The standard InChI is InChI=1S/C22H24Cl2N2O4/c1-14(2)11-19(26-21(28)16-5-9-18(24)10-6-16)22(29)30-13-20(27)25-12-15-3-7-17(23)8-4-15/h3-10,14,19H,11-13H2,1-2H3,(H,25,27)(H,26,28). The molecule has 30 heavy (non-hydrogen) atoms. The van der Waals surface area contributed by atoms with Crippen molar-refractivity contribution in [1.82, 2.24) is 10.6 Å². The van der Waals surface area contributed by atoms with Gasteiger partial charge in [-0.15, -0.1) is 0 Å². The highest BCUT2D eigenvalue weighted by Crippen LogP contribution is 2.12. The lowest BCUT2D eigenvalue weighted by Gasteiger charge is -2.19. The summed E-state index contributed by atoms with van der Waals surface area (Å²) in [5.74, 6) is -1.38. The van der Waals surface area contributed by atoms with Gasteiger partial charge >= 0.3 is 5.97 Å². The Balaban J connectivity index is 1.87. The number of nitrogens with one attached hydrogen (secondary N) is 2. The van der Waals surface area contributed by atoms with Crippen LogP contribution >= 0.6 is 23.2 Å². The van der Waals surface area contributed by atoms with Gasteiger partial charge in [-0.3, -0.25) is 9.59 Å². The summed E-state index contributed by atoms with van der Waals surface area (Å²) < 4.78 is 5.12. The van der Waals surface area contributed by atoms with Gasteiger partial charge in [-0.25, -0.2) is 4.79 Å². The van der Waals surface area contributed by atoms with Crippen LogP contribution in [-0.4, -0.2) is 30.4 Å². The van der Waals surface area contributed by atoms with Gasteiger partial charge in [-0.05, 0) is 54.3 Å². The lowest BCUT2D eigenvalue weighted by atomic mass is 10.0. The number of hydrogen-bond donors (Lipinski definition) is 2. The van der Waals surface area contributed by atoms with E-state index in [0.717, 1.165) is 5.56 Å². The molecule has 2 aromatic rings. The fraction of sp³-hybridized carbons (Fsp3) is 0.318. The largest absolute Gasteiger partial charge is 0.454 e. The second kappa shape index (κ2) is 11.6. The predicted octanol–water partition coefficient (Wildman–Crippen LogP) is 4.00. The number of hydrogen-bond acceptors (Lipinski definition) is 4. The fourth-order valence-electron chi connectivity index (χ4n) is 2.62. The van der Waals surface area contributed by atoms with Gasteiger partial charge in [0.05, 0.1) is 0 Å². The van der Waals surface area contributed by atoms with Gasteiger partial charge in [0.15, 0.2) is 6.61 Å². The van der Waals surface area contributed by atoms with Crippen molar-refractivity contribution in [3.8, 4) is 0 Å². The third-order valence-electron chi connectivity index (χ3n) is 4.15. The Morgan fingerprint density at radius 3 is 2.07 bits per heavy atom. The van der Waals surface area contributed by atoms with E-state index in [1.165, 1.54) is 0 Å². The van der Waals surface area contributed by atoms with E-state index < -0.39 is 30.4 Å². The van der Waals surface area contributed by atoms with E-state index in [1.54, 1.807) is 48.5 Å². The van der Waals surface area contributed by atoms with Crippen LogP contribution in [0.2, 0.25) is 10.0 Å². The molecule has 1 atom stereocenters. The zero-order valence-electron chi connectivity index (χ0n) is 16.8. The molecule has 0 spiro atoms. The minimum atomic E-state index is -0.864. The molecule has 8 heteroatoms. The maximum absolute atomic E-state index is 12.5. The van der Waals surface area contributed by atoms with Gasteiger partial charge in [0, 0.05) is 22.2 Å². The minimum absolute atomic E-state index is 0.131. The fourth-order valence-corrected chi connectivity index (χ4v) is 2.87. The first-order valence-corrected chi connectivity index (χ1v) is 10.2. The normalized spacial score (nSPS) is 11.6. The van der Waals surface area contributed by atoms with Gasteiger partial charge in [0.25, 0.3) is 11.8 Å². The summed E-state index contributed by atoms with van der Waals surface area (Å²) >= 11 is 11.7. The number of ether oxygens (including phenoxy) is 1. The number of carbonyl (C=O) groups excluding carboxylic acids is 3. The van der Waals surface area contributed by atoms with Crippen molar-refractivity contribution >= 4 is 41.0 Å². The maximum Gasteiger partial charge on any atom is 0.329 e.